The van der Waals surface area contributed by atoms with Crippen LogP contribution in [0.1, 0.15) is 23.2 Å². The van der Waals surface area contributed by atoms with Crippen LogP contribution in [0.15, 0.2) is 41.6 Å². The molecule has 2 aromatic heterocycles. The van der Waals surface area contributed by atoms with Gasteiger partial charge in [-0.2, -0.15) is 5.26 Å². The molecule has 7 nitrogen and oxygen atoms in total. The van der Waals surface area contributed by atoms with Crippen LogP contribution in [0.2, 0.25) is 0 Å². The number of nitrogens with zero attached hydrogens (tertiary/aromatic N) is 4. The molecular weight excluding hydrogens is 434 g/mol. The van der Waals surface area contributed by atoms with Crippen LogP contribution in [0, 0.1) is 17.2 Å². The zero-order valence-corrected chi connectivity index (χ0v) is 19.5. The van der Waals surface area contributed by atoms with Crippen LogP contribution in [-0.2, 0) is 13.0 Å². The summed E-state index contributed by atoms with van der Waals surface area (Å²) in [6, 6.07) is 10.3. The second-order valence-corrected chi connectivity index (χ2v) is 9.47. The Kier molecular flexibility index (Phi) is 6.63. The molecule has 33 heavy (non-hydrogen) atoms. The standard InChI is InChI=1S/C25H27N5O2S/c1-31-20-2-3-23-22(9-20)21(18(10-26)12-29-23)5-7-30-6-4-17(15-30)11-27-13-19-8-25-24(14-28-19)32-16-33-25/h2-3,8-9,12,14,17,27H,4-7,11,13,15-16H2,1H3/t17-/m0/s1. The van der Waals surface area contributed by atoms with E-state index in [0.29, 0.717) is 17.4 Å². The lowest BCUT2D eigenvalue weighted by Crippen LogP contribution is -2.28. The predicted octanol–water partition coefficient (Wildman–Crippen LogP) is 3.61. The molecule has 8 heteroatoms. The fourth-order valence-corrected chi connectivity index (χ4v) is 5.40. The molecule has 1 N–H and O–H groups in total. The quantitative estimate of drug-likeness (QED) is 0.545. The van der Waals surface area contributed by atoms with E-state index in [-0.39, 0.29) is 0 Å². The Labute approximate surface area is 198 Å². The van der Waals surface area contributed by atoms with Gasteiger partial charge in [-0.15, -0.1) is 0 Å². The van der Waals surface area contributed by atoms with E-state index >= 15 is 0 Å². The van der Waals surface area contributed by atoms with Crippen molar-refractivity contribution in [3.63, 3.8) is 0 Å². The van der Waals surface area contributed by atoms with E-state index in [4.69, 9.17) is 9.47 Å². The van der Waals surface area contributed by atoms with Crippen LogP contribution in [0.3, 0.4) is 0 Å². The first kappa shape index (κ1) is 22.0. The minimum Gasteiger partial charge on any atom is -0.497 e. The van der Waals surface area contributed by atoms with Crippen molar-refractivity contribution >= 4 is 22.7 Å². The molecule has 0 unspecified atom stereocenters. The summed E-state index contributed by atoms with van der Waals surface area (Å²) in [6.45, 7) is 4.86. The number of likely N-dealkylation sites (tertiary alicyclic amines) is 1. The van der Waals surface area contributed by atoms with Gasteiger partial charge in [-0.05, 0) is 61.7 Å². The number of ether oxygens (including phenoxy) is 2. The Balaban J connectivity index is 1.15. The lowest BCUT2D eigenvalue weighted by atomic mass is 10.0. The number of hydrogen-bond acceptors (Lipinski definition) is 8. The minimum absolute atomic E-state index is 0.627. The number of thioether (sulfide) groups is 1. The highest BCUT2D eigenvalue weighted by Crippen LogP contribution is 2.35. The topological polar surface area (TPSA) is 83.3 Å². The minimum atomic E-state index is 0.627. The highest BCUT2D eigenvalue weighted by molar-refractivity contribution is 7.99. The second kappa shape index (κ2) is 9.96. The molecule has 4 heterocycles. The molecular formula is C25H27N5O2S. The molecule has 0 saturated carbocycles. The van der Waals surface area contributed by atoms with Crippen molar-refractivity contribution in [3.8, 4) is 17.6 Å². The average molecular weight is 462 g/mol. The third-order valence-electron chi connectivity index (χ3n) is 6.41. The van der Waals surface area contributed by atoms with Gasteiger partial charge in [0.15, 0.2) is 5.75 Å². The summed E-state index contributed by atoms with van der Waals surface area (Å²) in [6.07, 6.45) is 5.54. The van der Waals surface area contributed by atoms with E-state index in [1.54, 1.807) is 25.1 Å². The third-order valence-corrected chi connectivity index (χ3v) is 7.28. The first-order valence-corrected chi connectivity index (χ1v) is 12.3. The van der Waals surface area contributed by atoms with Crippen molar-refractivity contribution in [3.05, 3.63) is 53.5 Å². The molecule has 3 aromatic rings. The van der Waals surface area contributed by atoms with Crippen LogP contribution in [0.4, 0.5) is 0 Å². The van der Waals surface area contributed by atoms with Crippen LogP contribution in [-0.4, -0.2) is 54.1 Å². The van der Waals surface area contributed by atoms with Crippen molar-refractivity contribution in [2.24, 2.45) is 5.92 Å². The number of rotatable bonds is 8. The van der Waals surface area contributed by atoms with Gasteiger partial charge in [-0.1, -0.05) is 11.8 Å². The van der Waals surface area contributed by atoms with Gasteiger partial charge < -0.3 is 19.7 Å². The number of nitriles is 1. The van der Waals surface area contributed by atoms with Gasteiger partial charge >= 0.3 is 0 Å². The zero-order valence-electron chi connectivity index (χ0n) is 18.7. The Bertz CT molecular complexity index is 1200. The molecule has 0 spiro atoms. The number of nitrogens with one attached hydrogen (secondary N) is 1. The summed E-state index contributed by atoms with van der Waals surface area (Å²) < 4.78 is 10.9. The molecule has 170 valence electrons. The van der Waals surface area contributed by atoms with E-state index in [1.165, 1.54) is 11.3 Å². The van der Waals surface area contributed by atoms with E-state index in [9.17, 15) is 5.26 Å². The molecule has 0 amide bonds. The molecule has 1 aromatic carbocycles. The summed E-state index contributed by atoms with van der Waals surface area (Å²) in [7, 11) is 1.66. The molecule has 2 aliphatic heterocycles. The maximum Gasteiger partial charge on any atom is 0.152 e. The van der Waals surface area contributed by atoms with E-state index in [2.05, 4.69) is 32.3 Å². The smallest absolute Gasteiger partial charge is 0.152 e. The van der Waals surface area contributed by atoms with Gasteiger partial charge in [-0.3, -0.25) is 9.97 Å². The van der Waals surface area contributed by atoms with Gasteiger partial charge in [-0.25, -0.2) is 0 Å². The Morgan fingerprint density at radius 3 is 3.12 bits per heavy atom. The first-order chi connectivity index (χ1) is 16.2. The summed E-state index contributed by atoms with van der Waals surface area (Å²) in [5, 5.41) is 14.2. The molecule has 0 radical (unpaired) electrons. The molecule has 5 rings (SSSR count). The van der Waals surface area contributed by atoms with Crippen molar-refractivity contribution < 1.29 is 9.47 Å². The van der Waals surface area contributed by atoms with Crippen LogP contribution >= 0.6 is 11.8 Å². The number of benzene rings is 1. The number of aromatic nitrogens is 2. The van der Waals surface area contributed by atoms with Gasteiger partial charge in [0.2, 0.25) is 0 Å². The van der Waals surface area contributed by atoms with Gasteiger partial charge in [0.1, 0.15) is 17.8 Å². The van der Waals surface area contributed by atoms with Gasteiger partial charge in [0.05, 0.1) is 35.0 Å². The lowest BCUT2D eigenvalue weighted by molar-refractivity contribution is 0.325. The van der Waals surface area contributed by atoms with Crippen LogP contribution < -0.4 is 14.8 Å². The monoisotopic (exact) mass is 461 g/mol. The Hall–Kier alpha value is -2.86. The predicted molar refractivity (Wildman–Crippen MR) is 129 cm³/mol. The van der Waals surface area contributed by atoms with E-state index in [0.717, 1.165) is 72.8 Å². The maximum atomic E-state index is 9.62. The van der Waals surface area contributed by atoms with Crippen molar-refractivity contribution in [1.29, 1.82) is 5.26 Å². The Morgan fingerprint density at radius 1 is 1.30 bits per heavy atom. The van der Waals surface area contributed by atoms with Gasteiger partial charge in [0, 0.05) is 31.2 Å². The third kappa shape index (κ3) is 4.91. The number of fused-ring (bicyclic) bond motifs is 2. The summed E-state index contributed by atoms with van der Waals surface area (Å²) in [5.41, 5.74) is 3.68. The first-order valence-electron chi connectivity index (χ1n) is 11.3. The average Bonchev–Trinajstić information content (AvgIpc) is 3.51. The van der Waals surface area contributed by atoms with Crippen LogP contribution in [0.25, 0.3) is 10.9 Å². The SMILES string of the molecule is COc1ccc2ncc(C#N)c(CCN3CC[C@@H](CNCc4cc5c(cn4)OCS5)C3)c2c1. The largest absolute Gasteiger partial charge is 0.497 e. The summed E-state index contributed by atoms with van der Waals surface area (Å²) in [5.74, 6) is 3.00. The maximum absolute atomic E-state index is 9.62. The molecule has 1 fully saturated rings. The van der Waals surface area contributed by atoms with Crippen LogP contribution in [0.5, 0.6) is 11.5 Å². The molecule has 1 saturated heterocycles. The van der Waals surface area contributed by atoms with Crippen molar-refractivity contribution in [2.75, 3.05) is 39.2 Å². The number of pyridine rings is 2. The molecule has 1 atom stereocenters. The fourth-order valence-electron chi connectivity index (χ4n) is 4.62. The normalized spacial score (nSPS) is 17.6. The lowest BCUT2D eigenvalue weighted by Gasteiger charge is -2.18. The zero-order chi connectivity index (χ0) is 22.6. The molecule has 0 bridgehead atoms. The van der Waals surface area contributed by atoms with Crippen molar-refractivity contribution in [1.82, 2.24) is 20.2 Å². The van der Waals surface area contributed by atoms with Crippen molar-refractivity contribution in [2.45, 2.75) is 24.3 Å². The Morgan fingerprint density at radius 2 is 2.24 bits per heavy atom. The van der Waals surface area contributed by atoms with E-state index < -0.39 is 0 Å². The van der Waals surface area contributed by atoms with Gasteiger partial charge in [0.25, 0.3) is 0 Å². The summed E-state index contributed by atoms with van der Waals surface area (Å²) >= 11 is 1.72. The number of methoxy groups -OCH3 is 1. The highest BCUT2D eigenvalue weighted by atomic mass is 32.2. The summed E-state index contributed by atoms with van der Waals surface area (Å²) in [4.78, 5) is 12.6. The molecule has 0 aliphatic carbocycles. The second-order valence-electron chi connectivity index (χ2n) is 8.51. The number of hydrogen-bond donors (Lipinski definition) is 1. The highest BCUT2D eigenvalue weighted by Gasteiger charge is 2.23. The molecule has 2 aliphatic rings. The van der Waals surface area contributed by atoms with E-state index in [1.807, 2.05) is 24.4 Å². The fraction of sp³-hybridized carbons (Fsp3) is 0.400.